The summed E-state index contributed by atoms with van der Waals surface area (Å²) in [5, 5.41) is 3.41. The van der Waals surface area contributed by atoms with Crippen molar-refractivity contribution in [1.29, 1.82) is 0 Å². The maximum absolute atomic E-state index is 13.3. The predicted molar refractivity (Wildman–Crippen MR) is 110 cm³/mol. The number of para-hydroxylation sites is 2. The van der Waals surface area contributed by atoms with Gasteiger partial charge in [-0.05, 0) is 30.7 Å². The molecule has 1 N–H and O–H groups in total. The average molecular weight is 364 g/mol. The number of nitrogens with one attached hydrogen (secondary N) is 1. The van der Waals surface area contributed by atoms with E-state index >= 15 is 0 Å². The van der Waals surface area contributed by atoms with Gasteiger partial charge in [0.15, 0.2) is 0 Å². The van der Waals surface area contributed by atoms with E-state index < -0.39 is 0 Å². The fourth-order valence-corrected chi connectivity index (χ4v) is 4.18. The van der Waals surface area contributed by atoms with E-state index in [2.05, 4.69) is 27.2 Å². The lowest BCUT2D eigenvalue weighted by Gasteiger charge is -2.32. The fourth-order valence-electron chi connectivity index (χ4n) is 4.18. The third-order valence-electron chi connectivity index (χ3n) is 5.76. The number of likely N-dealkylation sites (tertiary alicyclic amines) is 1. The maximum atomic E-state index is 13.3. The molecule has 2 heterocycles. The van der Waals surface area contributed by atoms with Crippen LogP contribution in [-0.4, -0.2) is 68.1 Å². The smallest absolute Gasteiger partial charge is 0.256 e. The van der Waals surface area contributed by atoms with Gasteiger partial charge >= 0.3 is 0 Å². The molecule has 2 fully saturated rings. The van der Waals surface area contributed by atoms with E-state index in [4.69, 9.17) is 0 Å². The second kappa shape index (κ2) is 8.11. The molecular formula is C22H28N4O. The van der Waals surface area contributed by atoms with Crippen LogP contribution in [0.4, 0.5) is 11.4 Å². The van der Waals surface area contributed by atoms with Gasteiger partial charge in [-0.2, -0.15) is 0 Å². The Morgan fingerprint density at radius 2 is 1.70 bits per heavy atom. The van der Waals surface area contributed by atoms with Gasteiger partial charge in [0, 0.05) is 58.0 Å². The molecule has 0 spiro atoms. The van der Waals surface area contributed by atoms with E-state index in [-0.39, 0.29) is 5.91 Å². The Labute approximate surface area is 161 Å². The standard InChI is InChI=1S/C22H28N4O/c1-24(18-7-3-2-4-8-18)21-10-6-5-9-20(21)22(27)26-14-11-19(17-26)25-15-12-23-13-16-25/h2-10,19,23H,11-17H2,1H3. The van der Waals surface area contributed by atoms with E-state index in [1.165, 1.54) is 0 Å². The van der Waals surface area contributed by atoms with Crippen LogP contribution in [0.2, 0.25) is 0 Å². The van der Waals surface area contributed by atoms with E-state index in [1.807, 2.05) is 54.4 Å². The van der Waals surface area contributed by atoms with E-state index in [0.29, 0.717) is 6.04 Å². The molecule has 2 aromatic rings. The first-order valence-corrected chi connectivity index (χ1v) is 9.86. The van der Waals surface area contributed by atoms with Crippen molar-refractivity contribution in [1.82, 2.24) is 15.1 Å². The normalized spacial score (nSPS) is 20.6. The van der Waals surface area contributed by atoms with Gasteiger partial charge in [-0.1, -0.05) is 30.3 Å². The van der Waals surface area contributed by atoms with Crippen molar-refractivity contribution in [2.24, 2.45) is 0 Å². The highest BCUT2D eigenvalue weighted by molar-refractivity contribution is 6.00. The molecule has 0 bridgehead atoms. The first kappa shape index (κ1) is 18.0. The van der Waals surface area contributed by atoms with Crippen LogP contribution in [0.15, 0.2) is 54.6 Å². The number of benzene rings is 2. The average Bonchev–Trinajstić information content (AvgIpc) is 3.24. The van der Waals surface area contributed by atoms with Crippen molar-refractivity contribution in [2.45, 2.75) is 12.5 Å². The highest BCUT2D eigenvalue weighted by Crippen LogP contribution is 2.29. The lowest BCUT2D eigenvalue weighted by Crippen LogP contribution is -2.49. The van der Waals surface area contributed by atoms with Crippen LogP contribution in [0.5, 0.6) is 0 Å². The van der Waals surface area contributed by atoms with Crippen molar-refractivity contribution in [3.8, 4) is 0 Å². The second-order valence-electron chi connectivity index (χ2n) is 7.39. The highest BCUT2D eigenvalue weighted by Gasteiger charge is 2.32. The number of rotatable bonds is 4. The minimum atomic E-state index is 0.144. The molecule has 5 nitrogen and oxygen atoms in total. The summed E-state index contributed by atoms with van der Waals surface area (Å²) in [5.41, 5.74) is 2.82. The van der Waals surface area contributed by atoms with E-state index in [9.17, 15) is 4.79 Å². The van der Waals surface area contributed by atoms with Crippen LogP contribution in [0.25, 0.3) is 0 Å². The van der Waals surface area contributed by atoms with Gasteiger partial charge < -0.3 is 15.1 Å². The number of carbonyl (C=O) groups is 1. The van der Waals surface area contributed by atoms with Gasteiger partial charge in [-0.25, -0.2) is 0 Å². The summed E-state index contributed by atoms with van der Waals surface area (Å²) in [6, 6.07) is 18.6. The molecule has 0 aliphatic carbocycles. The van der Waals surface area contributed by atoms with Crippen LogP contribution < -0.4 is 10.2 Å². The summed E-state index contributed by atoms with van der Waals surface area (Å²) in [6.07, 6.45) is 1.07. The van der Waals surface area contributed by atoms with Crippen molar-refractivity contribution in [2.75, 3.05) is 51.2 Å². The zero-order valence-corrected chi connectivity index (χ0v) is 16.0. The predicted octanol–water partition coefficient (Wildman–Crippen LogP) is 2.57. The molecule has 0 saturated carbocycles. The van der Waals surface area contributed by atoms with Crippen LogP contribution in [0.3, 0.4) is 0 Å². The first-order valence-electron chi connectivity index (χ1n) is 9.86. The summed E-state index contributed by atoms with van der Waals surface area (Å²) in [7, 11) is 2.02. The Balaban J connectivity index is 1.51. The van der Waals surface area contributed by atoms with Crippen molar-refractivity contribution >= 4 is 17.3 Å². The number of piperazine rings is 1. The molecule has 142 valence electrons. The number of anilines is 2. The minimum absolute atomic E-state index is 0.144. The summed E-state index contributed by atoms with van der Waals surface area (Å²) in [4.78, 5) is 20.0. The SMILES string of the molecule is CN(c1ccccc1)c1ccccc1C(=O)N1CCC(N2CCNCC2)C1. The molecule has 2 saturated heterocycles. The summed E-state index contributed by atoms with van der Waals surface area (Å²) in [5.74, 6) is 0.144. The van der Waals surface area contributed by atoms with Crippen molar-refractivity contribution in [3.63, 3.8) is 0 Å². The Bertz CT molecular complexity index is 773. The third-order valence-corrected chi connectivity index (χ3v) is 5.76. The van der Waals surface area contributed by atoms with Crippen LogP contribution in [0, 0.1) is 0 Å². The van der Waals surface area contributed by atoms with Crippen LogP contribution in [0.1, 0.15) is 16.8 Å². The van der Waals surface area contributed by atoms with Gasteiger partial charge in [0.05, 0.1) is 11.3 Å². The highest BCUT2D eigenvalue weighted by atomic mass is 16.2. The second-order valence-corrected chi connectivity index (χ2v) is 7.39. The largest absolute Gasteiger partial charge is 0.344 e. The number of nitrogens with zero attached hydrogens (tertiary/aromatic N) is 3. The first-order chi connectivity index (χ1) is 13.2. The molecule has 4 rings (SSSR count). The van der Waals surface area contributed by atoms with E-state index in [1.54, 1.807) is 0 Å². The monoisotopic (exact) mass is 364 g/mol. The number of hydrogen-bond acceptors (Lipinski definition) is 4. The lowest BCUT2D eigenvalue weighted by atomic mass is 10.1. The van der Waals surface area contributed by atoms with Crippen molar-refractivity contribution < 1.29 is 4.79 Å². The molecule has 0 aromatic heterocycles. The fraction of sp³-hybridized carbons (Fsp3) is 0.409. The number of carbonyl (C=O) groups excluding carboxylic acids is 1. The Morgan fingerprint density at radius 1 is 1.00 bits per heavy atom. The van der Waals surface area contributed by atoms with Crippen LogP contribution >= 0.6 is 0 Å². The van der Waals surface area contributed by atoms with E-state index in [0.717, 1.165) is 62.6 Å². The van der Waals surface area contributed by atoms with Gasteiger partial charge in [-0.15, -0.1) is 0 Å². The number of hydrogen-bond donors (Lipinski definition) is 1. The Morgan fingerprint density at radius 3 is 2.48 bits per heavy atom. The van der Waals surface area contributed by atoms with Gasteiger partial charge in [-0.3, -0.25) is 9.69 Å². The molecule has 1 unspecified atom stereocenters. The van der Waals surface area contributed by atoms with Gasteiger partial charge in [0.25, 0.3) is 5.91 Å². The molecule has 2 aromatic carbocycles. The lowest BCUT2D eigenvalue weighted by molar-refractivity contribution is 0.0774. The van der Waals surface area contributed by atoms with Gasteiger partial charge in [0.2, 0.25) is 0 Å². The quantitative estimate of drug-likeness (QED) is 0.905. The number of amides is 1. The van der Waals surface area contributed by atoms with Crippen LogP contribution in [-0.2, 0) is 0 Å². The summed E-state index contributed by atoms with van der Waals surface area (Å²) < 4.78 is 0. The summed E-state index contributed by atoms with van der Waals surface area (Å²) >= 11 is 0. The molecule has 27 heavy (non-hydrogen) atoms. The zero-order chi connectivity index (χ0) is 18.6. The Kier molecular flexibility index (Phi) is 5.41. The third kappa shape index (κ3) is 3.84. The molecule has 0 radical (unpaired) electrons. The topological polar surface area (TPSA) is 38.8 Å². The maximum Gasteiger partial charge on any atom is 0.256 e. The minimum Gasteiger partial charge on any atom is -0.344 e. The molecular weight excluding hydrogens is 336 g/mol. The Hall–Kier alpha value is -2.37. The molecule has 1 amide bonds. The summed E-state index contributed by atoms with van der Waals surface area (Å²) in [6.45, 7) is 5.95. The molecule has 2 aliphatic heterocycles. The van der Waals surface area contributed by atoms with Gasteiger partial charge in [0.1, 0.15) is 0 Å². The molecule has 2 aliphatic rings. The zero-order valence-electron chi connectivity index (χ0n) is 16.0. The molecule has 1 atom stereocenters. The van der Waals surface area contributed by atoms with Crippen molar-refractivity contribution in [3.05, 3.63) is 60.2 Å². The molecule has 5 heteroatoms.